The summed E-state index contributed by atoms with van der Waals surface area (Å²) in [6.07, 6.45) is 0. The van der Waals surface area contributed by atoms with Crippen LogP contribution >= 0.6 is 11.6 Å². The number of carbonyl (C=O) groups excluding carboxylic acids is 1. The molecule has 0 heterocycles. The van der Waals surface area contributed by atoms with Gasteiger partial charge in [0.25, 0.3) is 0 Å². The molecule has 0 amide bonds. The number of rotatable bonds is 2. The first kappa shape index (κ1) is 10.7. The normalized spacial score (nSPS) is 9.81. The first-order chi connectivity index (χ1) is 7.75. The van der Waals surface area contributed by atoms with E-state index in [4.69, 9.17) is 16.3 Å². The monoisotopic (exact) mass is 232 g/mol. The van der Waals surface area contributed by atoms with Crippen LogP contribution in [0.25, 0.3) is 11.1 Å². The van der Waals surface area contributed by atoms with Gasteiger partial charge in [-0.25, -0.2) is 4.79 Å². The molecule has 2 aromatic carbocycles. The first-order valence-electron chi connectivity index (χ1n) is 4.78. The smallest absolute Gasteiger partial charge is 0.409 e. The zero-order valence-electron chi connectivity index (χ0n) is 8.39. The fourth-order valence-corrected chi connectivity index (χ4v) is 1.53. The highest BCUT2D eigenvalue weighted by Crippen LogP contribution is 2.22. The van der Waals surface area contributed by atoms with E-state index in [1.54, 1.807) is 12.1 Å². The number of halogens is 1. The van der Waals surface area contributed by atoms with Crippen molar-refractivity contribution in [1.82, 2.24) is 0 Å². The molecule has 0 spiro atoms. The zero-order chi connectivity index (χ0) is 11.4. The molecule has 16 heavy (non-hydrogen) atoms. The van der Waals surface area contributed by atoms with Gasteiger partial charge < -0.3 is 4.74 Å². The van der Waals surface area contributed by atoms with Gasteiger partial charge in [-0.15, -0.1) is 0 Å². The van der Waals surface area contributed by atoms with E-state index in [0.717, 1.165) is 11.1 Å². The number of benzene rings is 2. The molecule has 0 saturated heterocycles. The van der Waals surface area contributed by atoms with Crippen molar-refractivity contribution in [3.05, 3.63) is 54.6 Å². The summed E-state index contributed by atoms with van der Waals surface area (Å²) in [5.74, 6) is 0.444. The molecule has 0 aromatic heterocycles. The Morgan fingerprint density at radius 2 is 1.44 bits per heavy atom. The molecule has 2 rings (SSSR count). The van der Waals surface area contributed by atoms with Gasteiger partial charge in [0.1, 0.15) is 5.75 Å². The SMILES string of the molecule is O=C(Cl)Oc1ccc(-c2ccccc2)cc1. The highest BCUT2D eigenvalue weighted by Gasteiger charge is 2.00. The summed E-state index contributed by atoms with van der Waals surface area (Å²) in [7, 11) is 0. The Morgan fingerprint density at radius 3 is 2.00 bits per heavy atom. The van der Waals surface area contributed by atoms with Gasteiger partial charge in [-0.2, -0.15) is 0 Å². The van der Waals surface area contributed by atoms with Crippen molar-refractivity contribution in [1.29, 1.82) is 0 Å². The van der Waals surface area contributed by atoms with Gasteiger partial charge in [-0.1, -0.05) is 42.5 Å². The van der Waals surface area contributed by atoms with Crippen LogP contribution in [0.4, 0.5) is 4.79 Å². The average Bonchev–Trinajstić information content (AvgIpc) is 2.30. The average molecular weight is 233 g/mol. The Balaban J connectivity index is 2.23. The molecule has 0 bridgehead atoms. The van der Waals surface area contributed by atoms with E-state index >= 15 is 0 Å². The second-order valence-electron chi connectivity index (χ2n) is 3.23. The van der Waals surface area contributed by atoms with E-state index in [0.29, 0.717) is 5.75 Å². The molecule has 80 valence electrons. The van der Waals surface area contributed by atoms with E-state index in [1.165, 1.54) is 0 Å². The van der Waals surface area contributed by atoms with Crippen LogP contribution in [0.2, 0.25) is 0 Å². The second-order valence-corrected chi connectivity index (χ2v) is 3.54. The quantitative estimate of drug-likeness (QED) is 0.729. The standard InChI is InChI=1S/C13H9ClO2/c14-13(15)16-12-8-6-11(7-9-12)10-4-2-1-3-5-10/h1-9H. The Bertz CT molecular complexity index is 477. The minimum absolute atomic E-state index is 0.444. The molecular weight excluding hydrogens is 224 g/mol. The lowest BCUT2D eigenvalue weighted by Crippen LogP contribution is -1.95. The van der Waals surface area contributed by atoms with Gasteiger partial charge in [-0.05, 0) is 23.3 Å². The zero-order valence-corrected chi connectivity index (χ0v) is 9.15. The molecule has 0 saturated carbocycles. The van der Waals surface area contributed by atoms with Crippen LogP contribution in [0.15, 0.2) is 54.6 Å². The van der Waals surface area contributed by atoms with Gasteiger partial charge in [0.15, 0.2) is 0 Å². The highest BCUT2D eigenvalue weighted by molar-refractivity contribution is 6.61. The van der Waals surface area contributed by atoms with Crippen molar-refractivity contribution >= 4 is 17.0 Å². The Kier molecular flexibility index (Phi) is 3.22. The van der Waals surface area contributed by atoms with Crippen molar-refractivity contribution in [3.63, 3.8) is 0 Å². The minimum Gasteiger partial charge on any atom is -0.415 e. The van der Waals surface area contributed by atoms with Gasteiger partial charge >= 0.3 is 5.43 Å². The summed E-state index contributed by atoms with van der Waals surface area (Å²) in [5.41, 5.74) is 1.36. The maximum Gasteiger partial charge on any atom is 0.409 e. The summed E-state index contributed by atoms with van der Waals surface area (Å²) in [6, 6.07) is 17.1. The van der Waals surface area contributed by atoms with E-state index in [2.05, 4.69) is 0 Å². The van der Waals surface area contributed by atoms with Crippen molar-refractivity contribution in [2.24, 2.45) is 0 Å². The van der Waals surface area contributed by atoms with Crippen LogP contribution in [0.3, 0.4) is 0 Å². The van der Waals surface area contributed by atoms with Crippen molar-refractivity contribution in [3.8, 4) is 16.9 Å². The van der Waals surface area contributed by atoms with Crippen molar-refractivity contribution in [2.75, 3.05) is 0 Å². The molecule has 0 radical (unpaired) electrons. The summed E-state index contributed by atoms with van der Waals surface area (Å²) in [4.78, 5) is 10.5. The van der Waals surface area contributed by atoms with Gasteiger partial charge in [0.2, 0.25) is 0 Å². The van der Waals surface area contributed by atoms with Crippen LogP contribution in [-0.4, -0.2) is 5.43 Å². The van der Waals surface area contributed by atoms with Gasteiger partial charge in [0, 0.05) is 11.6 Å². The predicted octanol–water partition coefficient (Wildman–Crippen LogP) is 4.09. The molecule has 2 aromatic rings. The minimum atomic E-state index is -0.826. The molecule has 0 N–H and O–H groups in total. The highest BCUT2D eigenvalue weighted by atomic mass is 35.5. The van der Waals surface area contributed by atoms with Crippen molar-refractivity contribution < 1.29 is 9.53 Å². The van der Waals surface area contributed by atoms with Crippen LogP contribution in [-0.2, 0) is 0 Å². The molecule has 3 heteroatoms. The molecule has 2 nitrogen and oxygen atoms in total. The Labute approximate surface area is 98.4 Å². The summed E-state index contributed by atoms with van der Waals surface area (Å²) in [5, 5.41) is 0. The van der Waals surface area contributed by atoms with E-state index in [9.17, 15) is 4.79 Å². The largest absolute Gasteiger partial charge is 0.415 e. The third-order valence-corrected chi connectivity index (χ3v) is 2.24. The van der Waals surface area contributed by atoms with Gasteiger partial charge in [-0.3, -0.25) is 0 Å². The van der Waals surface area contributed by atoms with Crippen LogP contribution in [0, 0.1) is 0 Å². The lowest BCUT2D eigenvalue weighted by atomic mass is 10.1. The van der Waals surface area contributed by atoms with Crippen LogP contribution < -0.4 is 4.74 Å². The maximum atomic E-state index is 10.5. The molecule has 0 aliphatic rings. The third kappa shape index (κ3) is 2.61. The fourth-order valence-electron chi connectivity index (χ4n) is 1.44. The number of carbonyl (C=O) groups is 1. The predicted molar refractivity (Wildman–Crippen MR) is 63.8 cm³/mol. The third-order valence-electron chi connectivity index (χ3n) is 2.16. The molecule has 0 unspecified atom stereocenters. The molecular formula is C13H9ClO2. The Hall–Kier alpha value is -1.80. The van der Waals surface area contributed by atoms with Crippen LogP contribution in [0.1, 0.15) is 0 Å². The number of hydrogen-bond acceptors (Lipinski definition) is 2. The van der Waals surface area contributed by atoms with E-state index < -0.39 is 5.43 Å². The summed E-state index contributed by atoms with van der Waals surface area (Å²) in [6.45, 7) is 0. The topological polar surface area (TPSA) is 26.3 Å². The second kappa shape index (κ2) is 4.81. The lowest BCUT2D eigenvalue weighted by molar-refractivity contribution is 0.225. The van der Waals surface area contributed by atoms with E-state index in [1.807, 2.05) is 42.5 Å². The summed E-state index contributed by atoms with van der Waals surface area (Å²) >= 11 is 5.11. The molecule has 0 fully saturated rings. The van der Waals surface area contributed by atoms with Gasteiger partial charge in [0.05, 0.1) is 0 Å². The molecule has 0 aliphatic carbocycles. The number of hydrogen-bond donors (Lipinski definition) is 0. The Morgan fingerprint density at radius 1 is 0.875 bits per heavy atom. The van der Waals surface area contributed by atoms with Crippen molar-refractivity contribution in [2.45, 2.75) is 0 Å². The molecule has 0 atom stereocenters. The maximum absolute atomic E-state index is 10.5. The molecule has 0 aliphatic heterocycles. The summed E-state index contributed by atoms with van der Waals surface area (Å²) < 4.78 is 4.73. The number of ether oxygens (including phenoxy) is 1. The fraction of sp³-hybridized carbons (Fsp3) is 0. The first-order valence-corrected chi connectivity index (χ1v) is 5.16. The van der Waals surface area contributed by atoms with E-state index in [-0.39, 0.29) is 0 Å². The lowest BCUT2D eigenvalue weighted by Gasteiger charge is -2.03. The van der Waals surface area contributed by atoms with Crippen LogP contribution in [0.5, 0.6) is 5.75 Å².